The Morgan fingerprint density at radius 2 is 2.00 bits per heavy atom. The molecule has 1 unspecified atom stereocenters. The average molecular weight is 244 g/mol. The molecule has 1 aliphatic carbocycles. The molecule has 1 heterocycles. The van der Waals surface area contributed by atoms with Gasteiger partial charge in [-0.25, -0.2) is 0 Å². The molecule has 3 nitrogen and oxygen atoms in total. The summed E-state index contributed by atoms with van der Waals surface area (Å²) >= 11 is 0. The molecule has 3 N–H and O–H groups in total. The number of carbonyl (C=O) groups excluding carboxylic acids is 1. The van der Waals surface area contributed by atoms with Gasteiger partial charge in [0.05, 0.1) is 5.92 Å². The molecular weight excluding hydrogens is 224 g/mol. The van der Waals surface area contributed by atoms with Crippen molar-refractivity contribution in [3.8, 4) is 0 Å². The second-order valence-corrected chi connectivity index (χ2v) is 5.73. The Labute approximate surface area is 108 Å². The highest BCUT2D eigenvalue weighted by atomic mass is 16.2. The third kappa shape index (κ3) is 1.74. The van der Waals surface area contributed by atoms with E-state index in [1.54, 1.807) is 0 Å². The van der Waals surface area contributed by atoms with Crippen molar-refractivity contribution in [2.24, 2.45) is 5.73 Å². The third-order valence-electron chi connectivity index (χ3n) is 4.49. The van der Waals surface area contributed by atoms with E-state index in [1.807, 2.05) is 13.0 Å². The van der Waals surface area contributed by atoms with E-state index in [2.05, 4.69) is 17.4 Å². The Bertz CT molecular complexity index is 489. The maximum Gasteiger partial charge on any atom is 0.231 e. The number of fused-ring (bicyclic) bond motifs is 1. The fourth-order valence-corrected chi connectivity index (χ4v) is 3.20. The summed E-state index contributed by atoms with van der Waals surface area (Å²) in [7, 11) is 0. The Morgan fingerprint density at radius 3 is 2.72 bits per heavy atom. The van der Waals surface area contributed by atoms with Crippen LogP contribution in [0.15, 0.2) is 18.2 Å². The van der Waals surface area contributed by atoms with Crippen LogP contribution >= 0.6 is 0 Å². The van der Waals surface area contributed by atoms with Gasteiger partial charge in [-0.2, -0.15) is 0 Å². The van der Waals surface area contributed by atoms with Gasteiger partial charge in [-0.1, -0.05) is 31.4 Å². The molecule has 3 rings (SSSR count). The molecule has 0 bridgehead atoms. The minimum atomic E-state index is -0.182. The molecule has 0 saturated heterocycles. The van der Waals surface area contributed by atoms with Crippen molar-refractivity contribution >= 4 is 11.6 Å². The molecule has 2 aliphatic rings. The van der Waals surface area contributed by atoms with Gasteiger partial charge in [0, 0.05) is 11.2 Å². The van der Waals surface area contributed by atoms with Crippen LogP contribution in [0.5, 0.6) is 0 Å². The van der Waals surface area contributed by atoms with Gasteiger partial charge in [-0.15, -0.1) is 0 Å². The van der Waals surface area contributed by atoms with Gasteiger partial charge in [0.2, 0.25) is 5.91 Å². The molecule has 1 atom stereocenters. The zero-order valence-electron chi connectivity index (χ0n) is 10.8. The van der Waals surface area contributed by atoms with E-state index >= 15 is 0 Å². The summed E-state index contributed by atoms with van der Waals surface area (Å²) in [5.41, 5.74) is 9.62. The highest BCUT2D eigenvalue weighted by Gasteiger charge is 2.32. The minimum absolute atomic E-state index is 0.0489. The Morgan fingerprint density at radius 1 is 1.28 bits per heavy atom. The summed E-state index contributed by atoms with van der Waals surface area (Å²) in [4.78, 5) is 11.7. The van der Waals surface area contributed by atoms with E-state index in [0.717, 1.165) is 24.1 Å². The van der Waals surface area contributed by atoms with Gasteiger partial charge in [0.1, 0.15) is 0 Å². The minimum Gasteiger partial charge on any atom is -0.325 e. The van der Waals surface area contributed by atoms with Crippen molar-refractivity contribution in [1.29, 1.82) is 0 Å². The van der Waals surface area contributed by atoms with E-state index in [1.165, 1.54) is 24.8 Å². The van der Waals surface area contributed by atoms with E-state index in [4.69, 9.17) is 5.73 Å². The SMILES string of the molecule is CC1C(=O)Nc2ccc(C3(N)CCCCC3)cc21. The quantitative estimate of drug-likeness (QED) is 0.798. The monoisotopic (exact) mass is 244 g/mol. The first kappa shape index (κ1) is 11.7. The molecule has 0 radical (unpaired) electrons. The van der Waals surface area contributed by atoms with Crippen molar-refractivity contribution in [1.82, 2.24) is 0 Å². The number of anilines is 1. The average Bonchev–Trinajstić information content (AvgIpc) is 2.66. The third-order valence-corrected chi connectivity index (χ3v) is 4.49. The van der Waals surface area contributed by atoms with Crippen LogP contribution in [-0.4, -0.2) is 5.91 Å². The molecule has 1 aromatic rings. The second kappa shape index (κ2) is 4.09. The van der Waals surface area contributed by atoms with E-state index < -0.39 is 0 Å². The van der Waals surface area contributed by atoms with Crippen molar-refractivity contribution in [3.63, 3.8) is 0 Å². The molecule has 1 amide bonds. The molecule has 1 aromatic carbocycles. The van der Waals surface area contributed by atoms with Gasteiger partial charge in [0.15, 0.2) is 0 Å². The summed E-state index contributed by atoms with van der Waals surface area (Å²) in [6.45, 7) is 1.95. The van der Waals surface area contributed by atoms with E-state index in [-0.39, 0.29) is 17.4 Å². The number of nitrogens with two attached hydrogens (primary N) is 1. The van der Waals surface area contributed by atoms with Crippen LogP contribution in [0.1, 0.15) is 56.1 Å². The van der Waals surface area contributed by atoms with Gasteiger partial charge in [0.25, 0.3) is 0 Å². The molecule has 96 valence electrons. The summed E-state index contributed by atoms with van der Waals surface area (Å²) in [5.74, 6) is 0.0454. The number of benzene rings is 1. The molecule has 0 spiro atoms. The van der Waals surface area contributed by atoms with Crippen molar-refractivity contribution in [3.05, 3.63) is 29.3 Å². The van der Waals surface area contributed by atoms with Gasteiger partial charge in [-0.05, 0) is 37.0 Å². The number of hydrogen-bond donors (Lipinski definition) is 2. The van der Waals surface area contributed by atoms with Gasteiger partial charge < -0.3 is 11.1 Å². The zero-order valence-corrected chi connectivity index (χ0v) is 10.8. The predicted octanol–water partition coefficient (Wildman–Crippen LogP) is 2.86. The molecule has 0 aromatic heterocycles. The lowest BCUT2D eigenvalue weighted by Crippen LogP contribution is -2.38. The second-order valence-electron chi connectivity index (χ2n) is 5.73. The van der Waals surface area contributed by atoms with Crippen LogP contribution in [0.3, 0.4) is 0 Å². The standard InChI is InChI=1S/C15H20N2O/c1-10-12-9-11(5-6-13(12)17-14(10)18)15(16)7-3-2-4-8-15/h5-6,9-10H,2-4,7-8,16H2,1H3,(H,17,18). The predicted molar refractivity (Wildman–Crippen MR) is 72.4 cm³/mol. The molecule has 1 fully saturated rings. The molecular formula is C15H20N2O. The first-order chi connectivity index (χ1) is 8.60. The topological polar surface area (TPSA) is 55.1 Å². The summed E-state index contributed by atoms with van der Waals surface area (Å²) in [5, 5.41) is 2.91. The normalized spacial score (nSPS) is 25.7. The van der Waals surface area contributed by atoms with Crippen LogP contribution < -0.4 is 11.1 Å². The van der Waals surface area contributed by atoms with Crippen molar-refractivity contribution < 1.29 is 4.79 Å². The Balaban J connectivity index is 1.98. The fourth-order valence-electron chi connectivity index (χ4n) is 3.20. The Hall–Kier alpha value is -1.35. The van der Waals surface area contributed by atoms with E-state index in [0.29, 0.717) is 0 Å². The van der Waals surface area contributed by atoms with Gasteiger partial charge >= 0.3 is 0 Å². The number of amides is 1. The maximum absolute atomic E-state index is 11.7. The van der Waals surface area contributed by atoms with Crippen molar-refractivity contribution in [2.45, 2.75) is 50.5 Å². The largest absolute Gasteiger partial charge is 0.325 e. The Kier molecular flexibility index (Phi) is 2.67. The highest BCUT2D eigenvalue weighted by molar-refractivity contribution is 6.02. The lowest BCUT2D eigenvalue weighted by atomic mass is 9.77. The fraction of sp³-hybridized carbons (Fsp3) is 0.533. The smallest absolute Gasteiger partial charge is 0.231 e. The molecule has 3 heteroatoms. The van der Waals surface area contributed by atoms with Gasteiger partial charge in [-0.3, -0.25) is 4.79 Å². The number of hydrogen-bond acceptors (Lipinski definition) is 2. The van der Waals surface area contributed by atoms with Crippen molar-refractivity contribution in [2.75, 3.05) is 5.32 Å². The number of carbonyl (C=O) groups is 1. The van der Waals surface area contributed by atoms with Crippen LogP contribution in [0.2, 0.25) is 0 Å². The van der Waals surface area contributed by atoms with Crippen LogP contribution in [0.25, 0.3) is 0 Å². The first-order valence-corrected chi connectivity index (χ1v) is 6.84. The lowest BCUT2D eigenvalue weighted by Gasteiger charge is -2.34. The molecule has 1 aliphatic heterocycles. The highest BCUT2D eigenvalue weighted by Crippen LogP contribution is 2.39. The van der Waals surface area contributed by atoms with Crippen LogP contribution in [0, 0.1) is 0 Å². The molecule has 18 heavy (non-hydrogen) atoms. The van der Waals surface area contributed by atoms with Crippen LogP contribution in [-0.2, 0) is 10.3 Å². The number of rotatable bonds is 1. The summed E-state index contributed by atoms with van der Waals surface area (Å²) in [6, 6.07) is 6.24. The van der Waals surface area contributed by atoms with Crippen LogP contribution in [0.4, 0.5) is 5.69 Å². The zero-order chi connectivity index (χ0) is 12.8. The number of nitrogens with one attached hydrogen (secondary N) is 1. The lowest BCUT2D eigenvalue weighted by molar-refractivity contribution is -0.116. The van der Waals surface area contributed by atoms with E-state index in [9.17, 15) is 4.79 Å². The summed E-state index contributed by atoms with van der Waals surface area (Å²) < 4.78 is 0. The maximum atomic E-state index is 11.7. The molecule has 1 saturated carbocycles. The summed E-state index contributed by atoms with van der Waals surface area (Å²) in [6.07, 6.45) is 5.82. The first-order valence-electron chi connectivity index (χ1n) is 6.84.